The molecule has 3 amide bonds. The van der Waals surface area contributed by atoms with Crippen molar-refractivity contribution in [1.82, 2.24) is 10.6 Å². The van der Waals surface area contributed by atoms with Gasteiger partial charge in [0, 0.05) is 4.47 Å². The molecular formula is C14H20BrN3O2S. The summed E-state index contributed by atoms with van der Waals surface area (Å²) in [5.41, 5.74) is 6.11. The average Bonchev–Trinajstić information content (AvgIpc) is 2.43. The largest absolute Gasteiger partial charge is 0.352 e. The molecule has 0 aliphatic rings. The Kier molecular flexibility index (Phi) is 7.60. The van der Waals surface area contributed by atoms with Crippen molar-refractivity contribution >= 4 is 39.6 Å². The van der Waals surface area contributed by atoms with Crippen molar-refractivity contribution in [1.29, 1.82) is 0 Å². The summed E-state index contributed by atoms with van der Waals surface area (Å²) in [5, 5.41) is 5.38. The van der Waals surface area contributed by atoms with Gasteiger partial charge in [0.2, 0.25) is 5.91 Å². The Morgan fingerprint density at radius 3 is 2.43 bits per heavy atom. The highest BCUT2D eigenvalue weighted by molar-refractivity contribution is 9.10. The number of hydrogen-bond acceptors (Lipinski definition) is 3. The summed E-state index contributed by atoms with van der Waals surface area (Å²) in [5.74, 6) is 0.545. The Hall–Kier alpha value is -1.21. The van der Waals surface area contributed by atoms with Gasteiger partial charge in [-0.1, -0.05) is 28.1 Å². The molecule has 1 aromatic rings. The van der Waals surface area contributed by atoms with Crippen molar-refractivity contribution in [3.05, 3.63) is 34.3 Å². The minimum atomic E-state index is -0.687. The maximum Gasteiger partial charge on any atom is 0.312 e. The number of rotatable bonds is 7. The van der Waals surface area contributed by atoms with E-state index in [0.29, 0.717) is 6.42 Å². The number of hydrogen-bond donors (Lipinski definition) is 3. The first-order valence-electron chi connectivity index (χ1n) is 6.54. The van der Waals surface area contributed by atoms with Crippen LogP contribution in [0.25, 0.3) is 0 Å². The fraction of sp³-hybridized carbons (Fsp3) is 0.429. The predicted molar refractivity (Wildman–Crippen MR) is 90.2 cm³/mol. The van der Waals surface area contributed by atoms with Crippen LogP contribution in [-0.2, 0) is 4.79 Å². The van der Waals surface area contributed by atoms with Crippen LogP contribution in [0.1, 0.15) is 24.9 Å². The van der Waals surface area contributed by atoms with Gasteiger partial charge in [0.1, 0.15) is 6.04 Å². The molecule has 0 aliphatic heterocycles. The highest BCUT2D eigenvalue weighted by atomic mass is 79.9. The fourth-order valence-electron chi connectivity index (χ4n) is 1.83. The molecule has 7 heteroatoms. The van der Waals surface area contributed by atoms with Crippen molar-refractivity contribution in [3.8, 4) is 0 Å². The van der Waals surface area contributed by atoms with Crippen LogP contribution in [0.4, 0.5) is 4.79 Å². The molecule has 1 rings (SSSR count). The van der Waals surface area contributed by atoms with E-state index in [4.69, 9.17) is 5.73 Å². The smallest absolute Gasteiger partial charge is 0.312 e. The Morgan fingerprint density at radius 1 is 1.29 bits per heavy atom. The summed E-state index contributed by atoms with van der Waals surface area (Å²) in [6.45, 7) is 1.90. The van der Waals surface area contributed by atoms with E-state index in [1.807, 2.05) is 37.4 Å². The Morgan fingerprint density at radius 2 is 1.90 bits per heavy atom. The van der Waals surface area contributed by atoms with Gasteiger partial charge in [-0.25, -0.2) is 4.79 Å². The zero-order valence-corrected chi connectivity index (χ0v) is 14.5. The lowest BCUT2D eigenvalue weighted by molar-refractivity contribution is -0.123. The zero-order chi connectivity index (χ0) is 15.8. The molecule has 21 heavy (non-hydrogen) atoms. The first-order valence-corrected chi connectivity index (χ1v) is 8.73. The predicted octanol–water partition coefficient (Wildman–Crippen LogP) is 2.42. The second-order valence-electron chi connectivity index (χ2n) is 4.62. The molecule has 0 saturated carbocycles. The number of urea groups is 1. The fourth-order valence-corrected chi connectivity index (χ4v) is 2.56. The van der Waals surface area contributed by atoms with E-state index in [-0.39, 0.29) is 11.9 Å². The summed E-state index contributed by atoms with van der Waals surface area (Å²) in [6, 6.07) is 6.29. The average molecular weight is 374 g/mol. The number of nitrogens with one attached hydrogen (secondary N) is 2. The van der Waals surface area contributed by atoms with Crippen LogP contribution in [-0.4, -0.2) is 30.0 Å². The maximum absolute atomic E-state index is 12.2. The molecule has 2 unspecified atom stereocenters. The molecular weight excluding hydrogens is 354 g/mol. The van der Waals surface area contributed by atoms with Crippen LogP contribution in [0.5, 0.6) is 0 Å². The normalized spacial score (nSPS) is 13.3. The van der Waals surface area contributed by atoms with Crippen molar-refractivity contribution in [3.63, 3.8) is 0 Å². The van der Waals surface area contributed by atoms with Crippen molar-refractivity contribution in [2.45, 2.75) is 25.4 Å². The molecule has 116 valence electrons. The molecule has 2 atom stereocenters. The lowest BCUT2D eigenvalue weighted by Gasteiger charge is -2.20. The molecule has 0 spiro atoms. The van der Waals surface area contributed by atoms with Crippen molar-refractivity contribution < 1.29 is 9.59 Å². The number of halogens is 1. The minimum Gasteiger partial charge on any atom is -0.352 e. The van der Waals surface area contributed by atoms with Crippen molar-refractivity contribution in [2.75, 3.05) is 12.0 Å². The van der Waals surface area contributed by atoms with Gasteiger partial charge in [-0.15, -0.1) is 0 Å². The van der Waals surface area contributed by atoms with E-state index in [9.17, 15) is 9.59 Å². The molecule has 0 radical (unpaired) electrons. The number of carbonyl (C=O) groups is 2. The summed E-state index contributed by atoms with van der Waals surface area (Å²) >= 11 is 4.99. The SMILES string of the molecule is CSCCC(NC(N)=O)C(=O)NC(C)c1ccc(Br)cc1. The van der Waals surface area contributed by atoms with E-state index in [0.717, 1.165) is 15.8 Å². The zero-order valence-electron chi connectivity index (χ0n) is 12.1. The number of nitrogens with two attached hydrogens (primary N) is 1. The Labute approximate surface area is 137 Å². The number of thioether (sulfide) groups is 1. The highest BCUT2D eigenvalue weighted by Crippen LogP contribution is 2.16. The first kappa shape index (κ1) is 17.8. The van der Waals surface area contributed by atoms with Crippen LogP contribution in [0, 0.1) is 0 Å². The highest BCUT2D eigenvalue weighted by Gasteiger charge is 2.21. The number of primary amides is 1. The number of amides is 3. The van der Waals surface area contributed by atoms with Crippen LogP contribution in [0.2, 0.25) is 0 Å². The minimum absolute atomic E-state index is 0.142. The molecule has 5 nitrogen and oxygen atoms in total. The third-order valence-electron chi connectivity index (χ3n) is 2.97. The summed E-state index contributed by atoms with van der Waals surface area (Å²) in [7, 11) is 0. The van der Waals surface area contributed by atoms with Gasteiger partial charge in [-0.3, -0.25) is 4.79 Å². The number of carbonyl (C=O) groups excluding carboxylic acids is 2. The van der Waals surface area contributed by atoms with E-state index < -0.39 is 12.1 Å². The second kappa shape index (κ2) is 8.94. The number of benzene rings is 1. The molecule has 0 aliphatic carbocycles. The van der Waals surface area contributed by atoms with Gasteiger partial charge in [-0.05, 0) is 43.0 Å². The van der Waals surface area contributed by atoms with E-state index in [2.05, 4.69) is 26.6 Å². The van der Waals surface area contributed by atoms with Gasteiger partial charge in [0.05, 0.1) is 6.04 Å². The van der Waals surface area contributed by atoms with Crippen LogP contribution < -0.4 is 16.4 Å². The molecule has 0 fully saturated rings. The van der Waals surface area contributed by atoms with Crippen LogP contribution in [0.15, 0.2) is 28.7 Å². The van der Waals surface area contributed by atoms with E-state index in [1.54, 1.807) is 11.8 Å². The van der Waals surface area contributed by atoms with E-state index >= 15 is 0 Å². The standard InChI is InChI=1S/C14H20BrN3O2S/c1-9(10-3-5-11(15)6-4-10)17-13(19)12(7-8-21-2)18-14(16)20/h3-6,9,12H,7-8H2,1-2H3,(H,17,19)(H3,16,18,20). The van der Waals surface area contributed by atoms with Gasteiger partial charge >= 0.3 is 6.03 Å². The molecule has 0 heterocycles. The maximum atomic E-state index is 12.2. The Balaban J connectivity index is 2.66. The first-order chi connectivity index (χ1) is 9.93. The van der Waals surface area contributed by atoms with E-state index in [1.165, 1.54) is 0 Å². The molecule has 4 N–H and O–H groups in total. The third kappa shape index (κ3) is 6.39. The van der Waals surface area contributed by atoms with Gasteiger partial charge < -0.3 is 16.4 Å². The lowest BCUT2D eigenvalue weighted by Crippen LogP contribution is -2.49. The van der Waals surface area contributed by atoms with Gasteiger partial charge in [0.15, 0.2) is 0 Å². The molecule has 0 bridgehead atoms. The van der Waals surface area contributed by atoms with Gasteiger partial charge in [0.25, 0.3) is 0 Å². The topological polar surface area (TPSA) is 84.2 Å². The lowest BCUT2D eigenvalue weighted by atomic mass is 10.1. The molecule has 0 aromatic heterocycles. The molecule has 1 aromatic carbocycles. The van der Waals surface area contributed by atoms with Gasteiger partial charge in [-0.2, -0.15) is 11.8 Å². The monoisotopic (exact) mass is 373 g/mol. The summed E-state index contributed by atoms with van der Waals surface area (Å²) < 4.78 is 0.984. The Bertz CT molecular complexity index is 482. The third-order valence-corrected chi connectivity index (χ3v) is 4.15. The van der Waals surface area contributed by atoms with Crippen LogP contribution >= 0.6 is 27.7 Å². The molecule has 0 saturated heterocycles. The van der Waals surface area contributed by atoms with Crippen LogP contribution in [0.3, 0.4) is 0 Å². The quantitative estimate of drug-likeness (QED) is 0.685. The van der Waals surface area contributed by atoms with Crippen molar-refractivity contribution in [2.24, 2.45) is 5.73 Å². The second-order valence-corrected chi connectivity index (χ2v) is 6.53. The summed E-state index contributed by atoms with van der Waals surface area (Å²) in [6.07, 6.45) is 2.49. The summed E-state index contributed by atoms with van der Waals surface area (Å²) in [4.78, 5) is 23.2.